The summed E-state index contributed by atoms with van der Waals surface area (Å²) in [5.41, 5.74) is 1.60. The van der Waals surface area contributed by atoms with Crippen molar-refractivity contribution in [1.29, 1.82) is 0 Å². The average molecular weight is 255 g/mol. The van der Waals surface area contributed by atoms with Crippen LogP contribution in [0.4, 0.5) is 8.78 Å². The van der Waals surface area contributed by atoms with Gasteiger partial charge in [0.05, 0.1) is 6.61 Å². The van der Waals surface area contributed by atoms with Crippen molar-refractivity contribution in [1.82, 2.24) is 5.32 Å². The predicted molar refractivity (Wildman–Crippen MR) is 61.9 cm³/mol. The topological polar surface area (TPSA) is 49.3 Å². The molecule has 1 amide bonds. The molecule has 1 aliphatic rings. The summed E-state index contributed by atoms with van der Waals surface area (Å²) in [5, 5.41) is 11.6. The minimum Gasteiger partial charge on any atom is -0.392 e. The molecule has 98 valence electrons. The van der Waals surface area contributed by atoms with Crippen LogP contribution in [0.1, 0.15) is 24.0 Å². The van der Waals surface area contributed by atoms with Crippen molar-refractivity contribution >= 4 is 5.91 Å². The number of carbonyl (C=O) groups is 1. The molecule has 0 aromatic heterocycles. The van der Waals surface area contributed by atoms with Crippen LogP contribution < -0.4 is 5.32 Å². The van der Waals surface area contributed by atoms with E-state index < -0.39 is 11.8 Å². The number of benzene rings is 1. The van der Waals surface area contributed by atoms with Gasteiger partial charge in [-0.15, -0.1) is 0 Å². The average Bonchev–Trinajstić information content (AvgIpc) is 2.94. The van der Waals surface area contributed by atoms with Gasteiger partial charge in [-0.05, 0) is 11.1 Å². The zero-order valence-corrected chi connectivity index (χ0v) is 9.83. The Morgan fingerprint density at radius 3 is 2.72 bits per heavy atom. The van der Waals surface area contributed by atoms with Crippen molar-refractivity contribution in [2.45, 2.75) is 31.9 Å². The molecule has 18 heavy (non-hydrogen) atoms. The van der Waals surface area contributed by atoms with Crippen LogP contribution in [0, 0.1) is 5.92 Å². The van der Waals surface area contributed by atoms with Gasteiger partial charge in [0.25, 0.3) is 5.92 Å². The molecule has 1 aromatic carbocycles. The molecule has 2 rings (SSSR count). The van der Waals surface area contributed by atoms with Crippen LogP contribution in [0.2, 0.25) is 0 Å². The van der Waals surface area contributed by atoms with E-state index in [0.717, 1.165) is 11.1 Å². The van der Waals surface area contributed by atoms with Crippen LogP contribution in [0.25, 0.3) is 0 Å². The Bertz CT molecular complexity index is 448. The van der Waals surface area contributed by atoms with Gasteiger partial charge >= 0.3 is 0 Å². The first kappa shape index (κ1) is 13.0. The van der Waals surface area contributed by atoms with Crippen LogP contribution in [-0.4, -0.2) is 16.9 Å². The van der Waals surface area contributed by atoms with Crippen molar-refractivity contribution in [3.8, 4) is 0 Å². The molecule has 1 aliphatic carbocycles. The third-order valence-electron chi connectivity index (χ3n) is 3.05. The lowest BCUT2D eigenvalue weighted by Gasteiger charge is -2.06. The first-order valence-electron chi connectivity index (χ1n) is 5.84. The summed E-state index contributed by atoms with van der Waals surface area (Å²) in [6.45, 7) is 0.237. The standard InChI is InChI=1S/C13H15F2NO2/c14-13(15)6-11(13)5-12(18)16-7-9-2-1-3-10(4-9)8-17/h1-4,11,17H,5-8H2,(H,16,18)/t11-/m1/s1. The molecule has 1 fully saturated rings. The minimum absolute atomic E-state index is 0.0594. The molecule has 1 saturated carbocycles. The first-order valence-corrected chi connectivity index (χ1v) is 5.84. The Balaban J connectivity index is 1.78. The maximum absolute atomic E-state index is 12.6. The van der Waals surface area contributed by atoms with Crippen LogP contribution in [0.15, 0.2) is 24.3 Å². The van der Waals surface area contributed by atoms with Gasteiger partial charge in [-0.3, -0.25) is 4.79 Å². The van der Waals surface area contributed by atoms with Gasteiger partial charge in [-0.2, -0.15) is 0 Å². The highest BCUT2D eigenvalue weighted by Crippen LogP contribution is 2.50. The van der Waals surface area contributed by atoms with Gasteiger partial charge in [0.15, 0.2) is 0 Å². The smallest absolute Gasteiger partial charge is 0.252 e. The maximum atomic E-state index is 12.6. The Labute approximate surface area is 104 Å². The van der Waals surface area contributed by atoms with E-state index in [4.69, 9.17) is 5.11 Å². The number of halogens is 2. The third-order valence-corrected chi connectivity index (χ3v) is 3.05. The van der Waals surface area contributed by atoms with Gasteiger partial charge in [-0.25, -0.2) is 8.78 Å². The van der Waals surface area contributed by atoms with Crippen molar-refractivity contribution in [3.05, 3.63) is 35.4 Å². The van der Waals surface area contributed by atoms with E-state index in [0.29, 0.717) is 6.54 Å². The molecule has 0 radical (unpaired) electrons. The summed E-state index contributed by atoms with van der Waals surface area (Å²) in [6.07, 6.45) is -0.299. The Morgan fingerprint density at radius 1 is 1.44 bits per heavy atom. The number of amides is 1. The Hall–Kier alpha value is -1.49. The molecule has 0 unspecified atom stereocenters. The lowest BCUT2D eigenvalue weighted by Crippen LogP contribution is -2.23. The Morgan fingerprint density at radius 2 is 2.11 bits per heavy atom. The number of carbonyl (C=O) groups excluding carboxylic acids is 1. The lowest BCUT2D eigenvalue weighted by atomic mass is 10.1. The van der Waals surface area contributed by atoms with Crippen molar-refractivity contribution < 1.29 is 18.7 Å². The summed E-state index contributed by atoms with van der Waals surface area (Å²) in [7, 11) is 0. The SMILES string of the molecule is O=C(C[C@@H]1CC1(F)F)NCc1cccc(CO)c1. The van der Waals surface area contributed by atoms with E-state index in [9.17, 15) is 13.6 Å². The predicted octanol–water partition coefficient (Wildman–Crippen LogP) is 1.84. The number of aliphatic hydroxyl groups excluding tert-OH is 1. The van der Waals surface area contributed by atoms with Gasteiger partial charge in [-0.1, -0.05) is 24.3 Å². The fourth-order valence-corrected chi connectivity index (χ4v) is 1.83. The minimum atomic E-state index is -2.64. The summed E-state index contributed by atoms with van der Waals surface area (Å²) in [6, 6.07) is 7.13. The quantitative estimate of drug-likeness (QED) is 0.843. The summed E-state index contributed by atoms with van der Waals surface area (Å²) in [5.74, 6) is -3.79. The van der Waals surface area contributed by atoms with E-state index in [1.165, 1.54) is 0 Å². The van der Waals surface area contributed by atoms with E-state index in [1.807, 2.05) is 6.07 Å². The number of aliphatic hydroxyl groups is 1. The second-order valence-electron chi connectivity index (χ2n) is 4.62. The first-order chi connectivity index (χ1) is 8.51. The molecule has 2 N–H and O–H groups in total. The van der Waals surface area contributed by atoms with E-state index in [1.54, 1.807) is 18.2 Å². The largest absolute Gasteiger partial charge is 0.392 e. The Kier molecular flexibility index (Phi) is 3.61. The molecule has 0 saturated heterocycles. The van der Waals surface area contributed by atoms with Gasteiger partial charge in [0.2, 0.25) is 5.91 Å². The second kappa shape index (κ2) is 5.02. The second-order valence-corrected chi connectivity index (χ2v) is 4.62. The van der Waals surface area contributed by atoms with Crippen molar-refractivity contribution in [2.75, 3.05) is 0 Å². The zero-order valence-electron chi connectivity index (χ0n) is 9.83. The van der Waals surface area contributed by atoms with Crippen LogP contribution >= 0.6 is 0 Å². The highest BCUT2D eigenvalue weighted by molar-refractivity contribution is 5.76. The highest BCUT2D eigenvalue weighted by atomic mass is 19.3. The molecule has 0 spiro atoms. The normalized spacial score (nSPS) is 20.5. The monoisotopic (exact) mass is 255 g/mol. The van der Waals surface area contributed by atoms with Gasteiger partial charge in [0.1, 0.15) is 0 Å². The molecule has 0 heterocycles. The molecular formula is C13H15F2NO2. The van der Waals surface area contributed by atoms with Crippen LogP contribution in [0.5, 0.6) is 0 Å². The van der Waals surface area contributed by atoms with E-state index in [2.05, 4.69) is 5.32 Å². The summed E-state index contributed by atoms with van der Waals surface area (Å²) >= 11 is 0. The maximum Gasteiger partial charge on any atom is 0.252 e. The molecule has 0 bridgehead atoms. The molecule has 3 nitrogen and oxygen atoms in total. The number of hydrogen-bond acceptors (Lipinski definition) is 2. The fraction of sp³-hybridized carbons (Fsp3) is 0.462. The summed E-state index contributed by atoms with van der Waals surface area (Å²) < 4.78 is 25.2. The van der Waals surface area contributed by atoms with E-state index >= 15 is 0 Å². The van der Waals surface area contributed by atoms with Crippen LogP contribution in [-0.2, 0) is 17.9 Å². The number of hydrogen-bond donors (Lipinski definition) is 2. The van der Waals surface area contributed by atoms with E-state index in [-0.39, 0.29) is 25.4 Å². The molecule has 1 aromatic rings. The molecular weight excluding hydrogens is 240 g/mol. The van der Waals surface area contributed by atoms with Gasteiger partial charge in [0, 0.05) is 25.3 Å². The highest BCUT2D eigenvalue weighted by Gasteiger charge is 2.57. The number of rotatable bonds is 5. The molecule has 5 heteroatoms. The van der Waals surface area contributed by atoms with Crippen molar-refractivity contribution in [2.24, 2.45) is 5.92 Å². The zero-order chi connectivity index (χ0) is 13.2. The number of alkyl halides is 2. The lowest BCUT2D eigenvalue weighted by molar-refractivity contribution is -0.122. The number of nitrogens with one attached hydrogen (secondary N) is 1. The fourth-order valence-electron chi connectivity index (χ4n) is 1.83. The van der Waals surface area contributed by atoms with Crippen molar-refractivity contribution in [3.63, 3.8) is 0 Å². The van der Waals surface area contributed by atoms with Crippen LogP contribution in [0.3, 0.4) is 0 Å². The van der Waals surface area contributed by atoms with Gasteiger partial charge < -0.3 is 10.4 Å². The summed E-state index contributed by atoms with van der Waals surface area (Å²) in [4.78, 5) is 11.4. The molecule has 1 atom stereocenters. The third kappa shape index (κ3) is 3.26. The molecule has 0 aliphatic heterocycles.